The number of halogens is 1. The van der Waals surface area contributed by atoms with Gasteiger partial charge in [-0.2, -0.15) is 0 Å². The molecule has 0 spiro atoms. The third-order valence-corrected chi connectivity index (χ3v) is 8.30. The normalized spacial score (nSPS) is 23.1. The summed E-state index contributed by atoms with van der Waals surface area (Å²) in [5.41, 5.74) is 2.12. The Morgan fingerprint density at radius 1 is 0.750 bits per heavy atom. The molecular weight excluding hydrogens is 572 g/mol. The Balaban J connectivity index is 1.42. The standard InChI is InChI=1S/C32H23BrN2O5/c1-18(36)19-9-13-24(14-10-19)35-31(39)26-25-17-22(29(37)20-5-3-2-4-6-20)15-16-34(25)28(27(26)32(35)40)30(38)21-7-11-23(33)12-8-21/h2-17,25-28H,1H3/t25-,26+,27-,28+/m1/s1. The maximum absolute atomic E-state index is 13.9. The fourth-order valence-corrected chi connectivity index (χ4v) is 6.10. The Bertz CT molecular complexity index is 1630. The molecule has 6 rings (SSSR count). The van der Waals surface area contributed by atoms with E-state index >= 15 is 0 Å². The lowest BCUT2D eigenvalue weighted by Gasteiger charge is -2.32. The van der Waals surface area contributed by atoms with Crippen LogP contribution < -0.4 is 4.90 Å². The molecule has 4 atom stereocenters. The van der Waals surface area contributed by atoms with Gasteiger partial charge in [0.1, 0.15) is 6.04 Å². The summed E-state index contributed by atoms with van der Waals surface area (Å²) < 4.78 is 0.809. The summed E-state index contributed by atoms with van der Waals surface area (Å²) in [7, 11) is 0. The van der Waals surface area contributed by atoms with E-state index in [1.165, 1.54) is 6.92 Å². The number of Topliss-reactive ketones (excluding diaryl/α,β-unsaturated/α-hetero) is 3. The van der Waals surface area contributed by atoms with E-state index in [4.69, 9.17) is 0 Å². The molecule has 2 fully saturated rings. The molecule has 2 saturated heterocycles. The number of rotatable bonds is 6. The highest BCUT2D eigenvalue weighted by molar-refractivity contribution is 9.10. The van der Waals surface area contributed by atoms with Crippen LogP contribution in [0.15, 0.2) is 107 Å². The Morgan fingerprint density at radius 2 is 1.38 bits per heavy atom. The highest BCUT2D eigenvalue weighted by atomic mass is 79.9. The average molecular weight is 595 g/mol. The number of anilines is 1. The quantitative estimate of drug-likeness (QED) is 0.293. The van der Waals surface area contributed by atoms with Crippen LogP contribution >= 0.6 is 15.9 Å². The summed E-state index contributed by atoms with van der Waals surface area (Å²) >= 11 is 3.38. The molecule has 7 nitrogen and oxygen atoms in total. The van der Waals surface area contributed by atoms with Crippen molar-refractivity contribution in [2.24, 2.45) is 11.8 Å². The van der Waals surface area contributed by atoms with Gasteiger partial charge in [-0.25, -0.2) is 4.90 Å². The number of imide groups is 1. The second-order valence-corrected chi connectivity index (χ2v) is 11.0. The van der Waals surface area contributed by atoms with Crippen LogP contribution in [0.3, 0.4) is 0 Å². The van der Waals surface area contributed by atoms with Gasteiger partial charge in [-0.05, 0) is 49.4 Å². The molecule has 8 heteroatoms. The maximum Gasteiger partial charge on any atom is 0.240 e. The minimum atomic E-state index is -0.951. The number of carbonyl (C=O) groups is 5. The second-order valence-electron chi connectivity index (χ2n) is 10.1. The number of allylic oxidation sites excluding steroid dienone is 2. The Labute approximate surface area is 238 Å². The van der Waals surface area contributed by atoms with E-state index in [0.29, 0.717) is 28.0 Å². The molecule has 3 aromatic carbocycles. The van der Waals surface area contributed by atoms with Crippen molar-refractivity contribution in [2.45, 2.75) is 19.0 Å². The molecule has 0 N–H and O–H groups in total. The van der Waals surface area contributed by atoms with Gasteiger partial charge in [-0.3, -0.25) is 24.0 Å². The lowest BCUT2D eigenvalue weighted by atomic mass is 9.85. The third-order valence-electron chi connectivity index (χ3n) is 7.78. The van der Waals surface area contributed by atoms with Gasteiger partial charge >= 0.3 is 0 Å². The monoisotopic (exact) mass is 594 g/mol. The van der Waals surface area contributed by atoms with Gasteiger partial charge in [0.2, 0.25) is 11.8 Å². The number of nitrogens with zero attached hydrogens (tertiary/aromatic N) is 2. The van der Waals surface area contributed by atoms with Crippen LogP contribution in [0.1, 0.15) is 38.0 Å². The van der Waals surface area contributed by atoms with Gasteiger partial charge in [-0.1, -0.05) is 64.5 Å². The van der Waals surface area contributed by atoms with Crippen LogP contribution in [0, 0.1) is 11.8 Å². The van der Waals surface area contributed by atoms with Gasteiger partial charge in [-0.15, -0.1) is 0 Å². The molecule has 3 aromatic rings. The summed E-state index contributed by atoms with van der Waals surface area (Å²) in [4.78, 5) is 69.6. The van der Waals surface area contributed by atoms with Crippen LogP contribution in [0.4, 0.5) is 5.69 Å². The van der Waals surface area contributed by atoms with Gasteiger partial charge in [0.25, 0.3) is 0 Å². The van der Waals surface area contributed by atoms with Gasteiger partial charge in [0.05, 0.1) is 23.6 Å². The first-order valence-corrected chi connectivity index (χ1v) is 13.6. The molecule has 0 bridgehead atoms. The molecule has 3 heterocycles. The van der Waals surface area contributed by atoms with Crippen LogP contribution in [0.5, 0.6) is 0 Å². The number of amides is 2. The van der Waals surface area contributed by atoms with Crippen molar-refractivity contribution in [3.8, 4) is 0 Å². The number of hydrogen-bond donors (Lipinski definition) is 0. The lowest BCUT2D eigenvalue weighted by Crippen LogP contribution is -2.46. The van der Waals surface area contributed by atoms with Crippen LogP contribution in [0.2, 0.25) is 0 Å². The van der Waals surface area contributed by atoms with E-state index in [2.05, 4.69) is 15.9 Å². The first-order chi connectivity index (χ1) is 19.3. The van der Waals surface area contributed by atoms with Crippen LogP contribution in [-0.4, -0.2) is 46.1 Å². The van der Waals surface area contributed by atoms with Crippen molar-refractivity contribution in [1.82, 2.24) is 4.90 Å². The molecule has 0 aromatic heterocycles. The van der Waals surface area contributed by atoms with Crippen molar-refractivity contribution in [1.29, 1.82) is 0 Å². The zero-order valence-electron chi connectivity index (χ0n) is 21.4. The van der Waals surface area contributed by atoms with Gasteiger partial charge in [0.15, 0.2) is 17.3 Å². The average Bonchev–Trinajstić information content (AvgIpc) is 3.44. The van der Waals surface area contributed by atoms with E-state index in [-0.39, 0.29) is 17.3 Å². The molecule has 0 unspecified atom stereocenters. The number of benzene rings is 3. The number of hydrogen-bond acceptors (Lipinski definition) is 6. The van der Waals surface area contributed by atoms with Crippen molar-refractivity contribution >= 4 is 50.8 Å². The van der Waals surface area contributed by atoms with Crippen LogP contribution in [0.25, 0.3) is 0 Å². The fraction of sp³-hybridized carbons (Fsp3) is 0.156. The highest BCUT2D eigenvalue weighted by Crippen LogP contribution is 2.47. The second kappa shape index (κ2) is 9.95. The molecule has 40 heavy (non-hydrogen) atoms. The minimum Gasteiger partial charge on any atom is -0.359 e. The van der Waals surface area contributed by atoms with Gasteiger partial charge < -0.3 is 4.90 Å². The highest BCUT2D eigenvalue weighted by Gasteiger charge is 2.63. The molecule has 2 amide bonds. The summed E-state index contributed by atoms with van der Waals surface area (Å²) in [6, 6.07) is 20.4. The van der Waals surface area contributed by atoms with Crippen molar-refractivity contribution in [2.75, 3.05) is 4.90 Å². The Hall–Kier alpha value is -4.43. The Kier molecular flexibility index (Phi) is 6.43. The number of carbonyl (C=O) groups excluding carboxylic acids is 5. The number of fused-ring (bicyclic) bond motifs is 3. The summed E-state index contributed by atoms with van der Waals surface area (Å²) in [5.74, 6) is -3.35. The summed E-state index contributed by atoms with van der Waals surface area (Å²) in [6.45, 7) is 1.44. The summed E-state index contributed by atoms with van der Waals surface area (Å²) in [6.07, 6.45) is 5.00. The minimum absolute atomic E-state index is 0.131. The van der Waals surface area contributed by atoms with E-state index in [1.807, 2.05) is 6.07 Å². The predicted octanol–water partition coefficient (Wildman–Crippen LogP) is 5.03. The molecule has 0 aliphatic carbocycles. The number of ketones is 3. The smallest absolute Gasteiger partial charge is 0.240 e. The SMILES string of the molecule is CC(=O)c1ccc(N2C(=O)[C@@H]3[C@@H](C2=O)[C@@H](C(=O)c2ccc(Br)cc2)N2C=CC(C(=O)c4ccccc4)=C[C@H]32)cc1. The topological polar surface area (TPSA) is 91.8 Å². The fourth-order valence-electron chi connectivity index (χ4n) is 5.84. The largest absolute Gasteiger partial charge is 0.359 e. The maximum atomic E-state index is 13.9. The molecule has 3 aliphatic heterocycles. The Morgan fingerprint density at radius 3 is 2.02 bits per heavy atom. The molecule has 0 saturated carbocycles. The molecule has 3 aliphatic rings. The first kappa shape index (κ1) is 25.8. The van der Waals surface area contributed by atoms with E-state index in [1.54, 1.807) is 96.0 Å². The zero-order valence-corrected chi connectivity index (χ0v) is 22.9. The van der Waals surface area contributed by atoms with Gasteiger partial charge in [0, 0.05) is 32.9 Å². The van der Waals surface area contributed by atoms with Crippen molar-refractivity contribution < 1.29 is 24.0 Å². The third kappa shape index (κ3) is 4.16. The first-order valence-electron chi connectivity index (χ1n) is 12.8. The molecule has 198 valence electrons. The summed E-state index contributed by atoms with van der Waals surface area (Å²) in [5, 5.41) is 0. The lowest BCUT2D eigenvalue weighted by molar-refractivity contribution is -0.123. The van der Waals surface area contributed by atoms with Crippen LogP contribution in [-0.2, 0) is 9.59 Å². The zero-order chi connectivity index (χ0) is 28.1. The van der Waals surface area contributed by atoms with E-state index in [0.717, 1.165) is 9.37 Å². The van der Waals surface area contributed by atoms with E-state index < -0.39 is 35.7 Å². The van der Waals surface area contributed by atoms with Crippen molar-refractivity contribution in [3.05, 3.63) is 124 Å². The van der Waals surface area contributed by atoms with E-state index in [9.17, 15) is 24.0 Å². The van der Waals surface area contributed by atoms with Crippen molar-refractivity contribution in [3.63, 3.8) is 0 Å². The molecular formula is C32H23BrN2O5. The predicted molar refractivity (Wildman–Crippen MR) is 152 cm³/mol. The molecule has 0 radical (unpaired) electrons.